The summed E-state index contributed by atoms with van der Waals surface area (Å²) < 4.78 is 5.47. The monoisotopic (exact) mass is 217 g/mol. The van der Waals surface area contributed by atoms with E-state index in [0.29, 0.717) is 22.8 Å². The standard InChI is InChI=1S/C12H15N3O/c1-6-11(12(15)7(2)16-6)9-5-8(13)3-4-10(9)14/h3-5H,13-15H2,1-2H3. The van der Waals surface area contributed by atoms with E-state index in [0.717, 1.165) is 16.9 Å². The molecule has 0 amide bonds. The van der Waals surface area contributed by atoms with Gasteiger partial charge in [0.05, 0.1) is 5.69 Å². The first-order valence-electron chi connectivity index (χ1n) is 5.01. The molecule has 0 atom stereocenters. The summed E-state index contributed by atoms with van der Waals surface area (Å²) in [6.07, 6.45) is 0. The fourth-order valence-corrected chi connectivity index (χ4v) is 1.83. The zero-order valence-corrected chi connectivity index (χ0v) is 9.37. The van der Waals surface area contributed by atoms with Gasteiger partial charge in [-0.2, -0.15) is 0 Å². The van der Waals surface area contributed by atoms with Crippen LogP contribution in [0.25, 0.3) is 11.1 Å². The second-order valence-corrected chi connectivity index (χ2v) is 3.85. The Hall–Kier alpha value is -2.10. The van der Waals surface area contributed by atoms with Crippen LogP contribution < -0.4 is 17.2 Å². The molecule has 2 rings (SSSR count). The third kappa shape index (κ3) is 1.48. The maximum absolute atomic E-state index is 5.96. The first-order chi connectivity index (χ1) is 7.50. The Morgan fingerprint density at radius 2 is 1.69 bits per heavy atom. The van der Waals surface area contributed by atoms with Crippen molar-refractivity contribution in [2.24, 2.45) is 0 Å². The molecule has 0 bridgehead atoms. The fraction of sp³-hybridized carbons (Fsp3) is 0.167. The number of nitrogens with two attached hydrogens (primary N) is 3. The number of benzene rings is 1. The summed E-state index contributed by atoms with van der Waals surface area (Å²) in [4.78, 5) is 0. The van der Waals surface area contributed by atoms with E-state index in [-0.39, 0.29) is 0 Å². The first kappa shape index (κ1) is 10.4. The van der Waals surface area contributed by atoms with Crippen molar-refractivity contribution < 1.29 is 4.42 Å². The van der Waals surface area contributed by atoms with Gasteiger partial charge in [0.25, 0.3) is 0 Å². The molecule has 84 valence electrons. The van der Waals surface area contributed by atoms with Crippen molar-refractivity contribution in [3.8, 4) is 11.1 Å². The van der Waals surface area contributed by atoms with Gasteiger partial charge in [-0.05, 0) is 32.0 Å². The normalized spacial score (nSPS) is 10.6. The number of rotatable bonds is 1. The van der Waals surface area contributed by atoms with Crippen molar-refractivity contribution >= 4 is 17.1 Å². The maximum Gasteiger partial charge on any atom is 0.124 e. The Morgan fingerprint density at radius 3 is 2.25 bits per heavy atom. The quantitative estimate of drug-likeness (QED) is 0.639. The van der Waals surface area contributed by atoms with Gasteiger partial charge < -0.3 is 21.6 Å². The Balaban J connectivity index is 2.71. The molecule has 0 radical (unpaired) electrons. The molecule has 2 aromatic rings. The molecule has 0 spiro atoms. The highest BCUT2D eigenvalue weighted by molar-refractivity contribution is 5.88. The molecule has 1 aromatic heterocycles. The highest BCUT2D eigenvalue weighted by Gasteiger charge is 2.16. The van der Waals surface area contributed by atoms with Crippen molar-refractivity contribution in [3.63, 3.8) is 0 Å². The van der Waals surface area contributed by atoms with Crippen LogP contribution in [-0.4, -0.2) is 0 Å². The van der Waals surface area contributed by atoms with E-state index in [4.69, 9.17) is 21.6 Å². The Morgan fingerprint density at radius 1 is 1.00 bits per heavy atom. The van der Waals surface area contributed by atoms with Gasteiger partial charge in [0.2, 0.25) is 0 Å². The highest BCUT2D eigenvalue weighted by atomic mass is 16.3. The van der Waals surface area contributed by atoms with Gasteiger partial charge in [-0.1, -0.05) is 0 Å². The van der Waals surface area contributed by atoms with E-state index in [9.17, 15) is 0 Å². The molecule has 0 saturated heterocycles. The summed E-state index contributed by atoms with van der Waals surface area (Å²) in [5, 5.41) is 0. The van der Waals surface area contributed by atoms with E-state index in [1.165, 1.54) is 0 Å². The Kier molecular flexibility index (Phi) is 2.27. The predicted octanol–water partition coefficient (Wildman–Crippen LogP) is 2.31. The van der Waals surface area contributed by atoms with Crippen LogP contribution in [0.3, 0.4) is 0 Å². The molecule has 1 heterocycles. The topological polar surface area (TPSA) is 91.2 Å². The van der Waals surface area contributed by atoms with Crippen molar-refractivity contribution in [2.45, 2.75) is 13.8 Å². The van der Waals surface area contributed by atoms with Crippen LogP contribution in [-0.2, 0) is 0 Å². The third-order valence-electron chi connectivity index (χ3n) is 2.65. The molecule has 1 aromatic carbocycles. The molecule has 0 saturated carbocycles. The predicted molar refractivity (Wildman–Crippen MR) is 66.9 cm³/mol. The molecule has 0 aliphatic heterocycles. The first-order valence-corrected chi connectivity index (χ1v) is 5.01. The number of aryl methyl sites for hydroxylation is 2. The minimum absolute atomic E-state index is 0.620. The van der Waals surface area contributed by atoms with Gasteiger partial charge in [0.15, 0.2) is 0 Å². The van der Waals surface area contributed by atoms with Gasteiger partial charge in [-0.15, -0.1) is 0 Å². The van der Waals surface area contributed by atoms with Crippen molar-refractivity contribution in [1.82, 2.24) is 0 Å². The van der Waals surface area contributed by atoms with Crippen molar-refractivity contribution in [1.29, 1.82) is 0 Å². The Bertz CT molecular complexity index is 543. The molecular formula is C12H15N3O. The van der Waals surface area contributed by atoms with E-state index in [1.54, 1.807) is 12.1 Å². The lowest BCUT2D eigenvalue weighted by molar-refractivity contribution is 0.507. The van der Waals surface area contributed by atoms with Crippen LogP contribution in [0.4, 0.5) is 17.1 Å². The molecule has 0 aliphatic carbocycles. The van der Waals surface area contributed by atoms with Gasteiger partial charge in [-0.3, -0.25) is 0 Å². The second-order valence-electron chi connectivity index (χ2n) is 3.85. The van der Waals surface area contributed by atoms with E-state index < -0.39 is 0 Å². The summed E-state index contributed by atoms with van der Waals surface area (Å²) in [5.74, 6) is 1.46. The summed E-state index contributed by atoms with van der Waals surface area (Å²) in [6, 6.07) is 5.34. The number of nitrogen functional groups attached to an aromatic ring is 3. The van der Waals surface area contributed by atoms with Gasteiger partial charge in [0.1, 0.15) is 11.5 Å². The van der Waals surface area contributed by atoms with Gasteiger partial charge in [-0.25, -0.2) is 0 Å². The molecule has 16 heavy (non-hydrogen) atoms. The average molecular weight is 217 g/mol. The molecule has 0 fully saturated rings. The summed E-state index contributed by atoms with van der Waals surface area (Å²) in [6.45, 7) is 3.69. The van der Waals surface area contributed by atoms with Crippen LogP contribution >= 0.6 is 0 Å². The van der Waals surface area contributed by atoms with E-state index in [2.05, 4.69) is 0 Å². The van der Waals surface area contributed by atoms with E-state index in [1.807, 2.05) is 19.9 Å². The molecule has 0 unspecified atom stereocenters. The Labute approximate surface area is 94.0 Å². The smallest absolute Gasteiger partial charge is 0.124 e. The number of hydrogen-bond donors (Lipinski definition) is 3. The average Bonchev–Trinajstić information content (AvgIpc) is 2.46. The fourth-order valence-electron chi connectivity index (χ4n) is 1.83. The maximum atomic E-state index is 5.96. The van der Waals surface area contributed by atoms with Crippen LogP contribution in [0.2, 0.25) is 0 Å². The lowest BCUT2D eigenvalue weighted by Crippen LogP contribution is -1.95. The SMILES string of the molecule is Cc1oc(C)c(-c2cc(N)ccc2N)c1N. The van der Waals surface area contributed by atoms with Crippen LogP contribution in [0, 0.1) is 13.8 Å². The summed E-state index contributed by atoms with van der Waals surface area (Å²) >= 11 is 0. The largest absolute Gasteiger partial charge is 0.464 e. The van der Waals surface area contributed by atoms with Crippen LogP contribution in [0.5, 0.6) is 0 Å². The minimum atomic E-state index is 0.620. The number of hydrogen-bond acceptors (Lipinski definition) is 4. The zero-order valence-electron chi connectivity index (χ0n) is 9.37. The van der Waals surface area contributed by atoms with Gasteiger partial charge in [0, 0.05) is 22.5 Å². The number of anilines is 3. The van der Waals surface area contributed by atoms with Gasteiger partial charge >= 0.3 is 0 Å². The van der Waals surface area contributed by atoms with E-state index >= 15 is 0 Å². The molecular weight excluding hydrogens is 202 g/mol. The van der Waals surface area contributed by atoms with Crippen molar-refractivity contribution in [3.05, 3.63) is 29.7 Å². The summed E-state index contributed by atoms with van der Waals surface area (Å²) in [5.41, 5.74) is 21.2. The number of furan rings is 1. The lowest BCUT2D eigenvalue weighted by Gasteiger charge is -2.06. The molecule has 6 N–H and O–H groups in total. The molecule has 0 aliphatic rings. The van der Waals surface area contributed by atoms with Crippen molar-refractivity contribution in [2.75, 3.05) is 17.2 Å². The summed E-state index contributed by atoms with van der Waals surface area (Å²) in [7, 11) is 0. The zero-order chi connectivity index (χ0) is 11.9. The highest BCUT2D eigenvalue weighted by Crippen LogP contribution is 2.38. The molecule has 4 heteroatoms. The van der Waals surface area contributed by atoms with Crippen LogP contribution in [0.1, 0.15) is 11.5 Å². The molecule has 4 nitrogen and oxygen atoms in total. The second kappa shape index (κ2) is 3.48. The minimum Gasteiger partial charge on any atom is -0.464 e. The third-order valence-corrected chi connectivity index (χ3v) is 2.65. The lowest BCUT2D eigenvalue weighted by atomic mass is 10.0. The van der Waals surface area contributed by atoms with Crippen LogP contribution in [0.15, 0.2) is 22.6 Å².